The summed E-state index contributed by atoms with van der Waals surface area (Å²) in [6, 6.07) is 4.13. The molecule has 0 aliphatic carbocycles. The van der Waals surface area contributed by atoms with E-state index in [-0.39, 0.29) is 14.9 Å². The molecule has 2 heteroatoms. The molecule has 1 aromatic carbocycles. The van der Waals surface area contributed by atoms with Gasteiger partial charge in [-0.15, -0.1) is 0 Å². The van der Waals surface area contributed by atoms with Gasteiger partial charge in [0.1, 0.15) is 11.5 Å². The predicted molar refractivity (Wildman–Crippen MR) is 114 cm³/mol. The summed E-state index contributed by atoms with van der Waals surface area (Å²) in [5.41, 5.74) is 2.20. The number of hydrogen-bond donors (Lipinski definition) is 0. The van der Waals surface area contributed by atoms with Gasteiger partial charge in [-0.05, 0) is 49.8 Å². The summed E-state index contributed by atoms with van der Waals surface area (Å²) in [6.07, 6.45) is 9.16. The van der Waals surface area contributed by atoms with Crippen molar-refractivity contribution >= 4 is 6.08 Å². The zero-order valence-corrected chi connectivity index (χ0v) is 15.8. The van der Waals surface area contributed by atoms with Gasteiger partial charge >= 0.3 is 0 Å². The monoisotopic (exact) mass is 350 g/mol. The van der Waals surface area contributed by atoms with E-state index in [9.17, 15) is 0 Å². The van der Waals surface area contributed by atoms with E-state index in [0.29, 0.717) is 0 Å². The van der Waals surface area contributed by atoms with Gasteiger partial charge in [0.15, 0.2) is 0 Å². The summed E-state index contributed by atoms with van der Waals surface area (Å²) >= 11 is 0. The Labute approximate surface area is 157 Å². The molecule has 1 unspecified atom stereocenters. The molecular weight excluding hydrogens is 308 g/mol. The van der Waals surface area contributed by atoms with Gasteiger partial charge < -0.3 is 9.47 Å². The summed E-state index contributed by atoms with van der Waals surface area (Å²) in [4.78, 5) is 0. The van der Waals surface area contributed by atoms with Crippen LogP contribution in [-0.4, -0.2) is 13.7 Å². The number of aryl methyl sites for hydroxylation is 1. The number of ether oxygens (including phenoxy) is 2. The van der Waals surface area contributed by atoms with Crippen LogP contribution in [0.15, 0.2) is 18.2 Å². The van der Waals surface area contributed by atoms with E-state index >= 15 is 0 Å². The third-order valence-electron chi connectivity index (χ3n) is 4.22. The number of allylic oxidation sites excluding steroid dienone is 1. The molecule has 0 saturated heterocycles. The van der Waals surface area contributed by atoms with Gasteiger partial charge in [0, 0.05) is 5.56 Å². The molecular formula is C23H42O2. The van der Waals surface area contributed by atoms with Gasteiger partial charge in [-0.2, -0.15) is 0 Å². The minimum atomic E-state index is 0. The second kappa shape index (κ2) is 13.8. The van der Waals surface area contributed by atoms with E-state index in [4.69, 9.17) is 9.47 Å². The Hall–Kier alpha value is -1.44. The molecule has 1 rings (SSSR count). The van der Waals surface area contributed by atoms with Crippen LogP contribution in [0.4, 0.5) is 0 Å². The molecule has 0 saturated carbocycles. The lowest BCUT2D eigenvalue weighted by atomic mass is 9.98. The normalized spacial score (nSPS) is 11.8. The molecule has 146 valence electrons. The summed E-state index contributed by atoms with van der Waals surface area (Å²) in [6.45, 7) is 11.8. The summed E-state index contributed by atoms with van der Waals surface area (Å²) in [5.74, 6) is 3.39. The smallest absolute Gasteiger partial charge is 0.127 e. The van der Waals surface area contributed by atoms with Crippen molar-refractivity contribution in [3.05, 3.63) is 29.3 Å². The van der Waals surface area contributed by atoms with Gasteiger partial charge in [-0.1, -0.05) is 67.0 Å². The second-order valence-electron chi connectivity index (χ2n) is 6.93. The molecule has 0 aliphatic rings. The van der Waals surface area contributed by atoms with Crippen LogP contribution in [0.5, 0.6) is 11.5 Å². The van der Waals surface area contributed by atoms with Crippen molar-refractivity contribution in [3.63, 3.8) is 0 Å². The first-order chi connectivity index (χ1) is 11.0. The molecule has 0 amide bonds. The fraction of sp³-hybridized carbons (Fsp3) is 0.652. The van der Waals surface area contributed by atoms with Crippen LogP contribution in [0.25, 0.3) is 6.08 Å². The van der Waals surface area contributed by atoms with Gasteiger partial charge in [-0.3, -0.25) is 0 Å². The van der Waals surface area contributed by atoms with Crippen molar-refractivity contribution in [2.45, 2.75) is 75.2 Å². The summed E-state index contributed by atoms with van der Waals surface area (Å²) in [7, 11) is 1.71. The zero-order chi connectivity index (χ0) is 17.2. The first-order valence-electron chi connectivity index (χ1n) is 8.92. The van der Waals surface area contributed by atoms with Crippen molar-refractivity contribution in [3.8, 4) is 11.5 Å². The highest BCUT2D eigenvalue weighted by Gasteiger charge is 2.09. The van der Waals surface area contributed by atoms with E-state index in [0.717, 1.165) is 47.5 Å². The number of hydrogen-bond acceptors (Lipinski definition) is 2. The van der Waals surface area contributed by atoms with E-state index in [1.165, 1.54) is 19.3 Å². The van der Waals surface area contributed by atoms with E-state index in [2.05, 4.69) is 45.9 Å². The van der Waals surface area contributed by atoms with Crippen molar-refractivity contribution in [2.24, 2.45) is 11.8 Å². The molecule has 0 aromatic heterocycles. The van der Waals surface area contributed by atoms with Gasteiger partial charge in [0.05, 0.1) is 13.7 Å². The van der Waals surface area contributed by atoms with Crippen LogP contribution in [0.3, 0.4) is 0 Å². The molecule has 0 heterocycles. The largest absolute Gasteiger partial charge is 0.496 e. The van der Waals surface area contributed by atoms with Crippen LogP contribution >= 0.6 is 0 Å². The van der Waals surface area contributed by atoms with Crippen LogP contribution in [0, 0.1) is 18.8 Å². The lowest BCUT2D eigenvalue weighted by Crippen LogP contribution is -2.06. The molecule has 1 atom stereocenters. The molecule has 0 radical (unpaired) electrons. The summed E-state index contributed by atoms with van der Waals surface area (Å²) < 4.78 is 11.5. The minimum absolute atomic E-state index is 0. The standard InChI is InChI=1S/C21H34O2.2CH4/c1-7-9-19-15-20(22-6)18(5)14-21(19)23-13-12-17(4)11-8-10-16(2)3;;/h7,9,14-17H,8,10-13H2,1-6H3;2*1H4/b9-7+;;. The van der Waals surface area contributed by atoms with Crippen molar-refractivity contribution in [1.82, 2.24) is 0 Å². The average molecular weight is 351 g/mol. The molecule has 25 heavy (non-hydrogen) atoms. The third kappa shape index (κ3) is 9.57. The fourth-order valence-electron chi connectivity index (χ4n) is 2.72. The Kier molecular flexibility index (Phi) is 14.2. The van der Waals surface area contributed by atoms with Crippen LogP contribution in [0.2, 0.25) is 0 Å². The highest BCUT2D eigenvalue weighted by Crippen LogP contribution is 2.30. The maximum absolute atomic E-state index is 6.06. The Morgan fingerprint density at radius 1 is 1.00 bits per heavy atom. The van der Waals surface area contributed by atoms with Crippen molar-refractivity contribution < 1.29 is 9.47 Å². The molecule has 0 N–H and O–H groups in total. The predicted octanol–water partition coefficient (Wildman–Crippen LogP) is 7.54. The highest BCUT2D eigenvalue weighted by molar-refractivity contribution is 5.61. The third-order valence-corrected chi connectivity index (χ3v) is 4.22. The average Bonchev–Trinajstić information content (AvgIpc) is 2.49. The van der Waals surface area contributed by atoms with Crippen molar-refractivity contribution in [1.29, 1.82) is 0 Å². The van der Waals surface area contributed by atoms with Crippen molar-refractivity contribution in [2.75, 3.05) is 13.7 Å². The fourth-order valence-corrected chi connectivity index (χ4v) is 2.72. The van der Waals surface area contributed by atoms with Gasteiger partial charge in [0.2, 0.25) is 0 Å². The molecule has 0 bridgehead atoms. The first kappa shape index (κ1) is 25.8. The first-order valence-corrected chi connectivity index (χ1v) is 8.92. The minimum Gasteiger partial charge on any atom is -0.496 e. The maximum Gasteiger partial charge on any atom is 0.127 e. The zero-order valence-electron chi connectivity index (χ0n) is 15.8. The van der Waals surface area contributed by atoms with Crippen LogP contribution in [-0.2, 0) is 0 Å². The molecule has 1 aromatic rings. The molecule has 0 spiro atoms. The lowest BCUT2D eigenvalue weighted by Gasteiger charge is -2.16. The Morgan fingerprint density at radius 3 is 2.24 bits per heavy atom. The number of benzene rings is 1. The second-order valence-corrected chi connectivity index (χ2v) is 6.93. The Balaban J connectivity index is 0. The topological polar surface area (TPSA) is 18.5 Å². The highest BCUT2D eigenvalue weighted by atomic mass is 16.5. The number of rotatable bonds is 10. The van der Waals surface area contributed by atoms with Crippen LogP contribution < -0.4 is 9.47 Å². The molecule has 0 fully saturated rings. The Bertz CT molecular complexity index is 489. The number of methoxy groups -OCH3 is 1. The van der Waals surface area contributed by atoms with Crippen LogP contribution in [0.1, 0.15) is 79.4 Å². The van der Waals surface area contributed by atoms with E-state index in [1.807, 2.05) is 13.0 Å². The van der Waals surface area contributed by atoms with E-state index < -0.39 is 0 Å². The van der Waals surface area contributed by atoms with E-state index in [1.54, 1.807) is 7.11 Å². The SMILES string of the molecule is C.C.C/C=C/c1cc(OC)c(C)cc1OCCC(C)CCCC(C)C. The lowest BCUT2D eigenvalue weighted by molar-refractivity contribution is 0.274. The van der Waals surface area contributed by atoms with Gasteiger partial charge in [-0.25, -0.2) is 0 Å². The Morgan fingerprint density at radius 2 is 1.68 bits per heavy atom. The molecule has 2 nitrogen and oxygen atoms in total. The maximum atomic E-state index is 6.06. The quantitative estimate of drug-likeness (QED) is 0.434. The molecule has 0 aliphatic heterocycles. The summed E-state index contributed by atoms with van der Waals surface area (Å²) in [5, 5.41) is 0. The van der Waals surface area contributed by atoms with Gasteiger partial charge in [0.25, 0.3) is 0 Å².